The lowest BCUT2D eigenvalue weighted by Gasteiger charge is -2.67. The number of piperidine rings is 1. The molecule has 2 N–H and O–H groups in total. The van der Waals surface area contributed by atoms with Crippen molar-refractivity contribution in [2.24, 2.45) is 23.2 Å². The van der Waals surface area contributed by atoms with Gasteiger partial charge in [-0.1, -0.05) is 18.6 Å². The van der Waals surface area contributed by atoms with Gasteiger partial charge in [-0.05, 0) is 76.8 Å². The Labute approximate surface area is 189 Å². The highest BCUT2D eigenvalue weighted by molar-refractivity contribution is 5.88. The molecule has 6 aliphatic rings. The van der Waals surface area contributed by atoms with Crippen molar-refractivity contribution in [2.75, 3.05) is 13.1 Å². The number of nitrogens with zero attached hydrogens (tertiary/aromatic N) is 1. The number of aliphatic hydroxyl groups excluding tert-OH is 1. The van der Waals surface area contributed by atoms with Crippen molar-refractivity contribution in [3.05, 3.63) is 35.3 Å². The number of hydrogen-bond acceptors (Lipinski definition) is 6. The lowest BCUT2D eigenvalue weighted by Crippen LogP contribution is -2.77. The average molecular weight is 442 g/mol. The van der Waals surface area contributed by atoms with Crippen molar-refractivity contribution < 1.29 is 24.5 Å². The zero-order valence-corrected chi connectivity index (χ0v) is 19.1. The summed E-state index contributed by atoms with van der Waals surface area (Å²) in [7, 11) is 0. The molecule has 0 aromatic heterocycles. The summed E-state index contributed by atoms with van der Waals surface area (Å²) >= 11 is 0. The minimum atomic E-state index is -0.888. The van der Waals surface area contributed by atoms with Crippen LogP contribution in [0, 0.1) is 23.2 Å². The second kappa shape index (κ2) is 7.18. The smallest absolute Gasteiger partial charge is 0.338 e. The van der Waals surface area contributed by atoms with Gasteiger partial charge >= 0.3 is 5.97 Å². The van der Waals surface area contributed by atoms with Gasteiger partial charge in [0.05, 0.1) is 17.1 Å². The van der Waals surface area contributed by atoms with E-state index in [9.17, 15) is 15.0 Å². The lowest BCUT2D eigenvalue weighted by atomic mass is 9.44. The molecule has 7 unspecified atom stereocenters. The fourth-order valence-electron chi connectivity index (χ4n) is 7.81. The van der Waals surface area contributed by atoms with Crippen LogP contribution in [-0.4, -0.2) is 58.0 Å². The van der Waals surface area contributed by atoms with Crippen LogP contribution in [0.3, 0.4) is 0 Å². The summed E-state index contributed by atoms with van der Waals surface area (Å²) in [4.78, 5) is 15.1. The molecule has 6 heteroatoms. The van der Waals surface area contributed by atoms with Gasteiger partial charge in [0.15, 0.2) is 5.76 Å². The van der Waals surface area contributed by atoms with E-state index >= 15 is 0 Å². The van der Waals surface area contributed by atoms with Gasteiger partial charge in [0.2, 0.25) is 0 Å². The summed E-state index contributed by atoms with van der Waals surface area (Å²) in [6, 6.07) is 0.0927. The van der Waals surface area contributed by atoms with Crippen LogP contribution in [0.25, 0.3) is 0 Å². The van der Waals surface area contributed by atoms with E-state index in [0.717, 1.165) is 31.8 Å². The molecule has 0 radical (unpaired) electrons. The first-order valence-corrected chi connectivity index (χ1v) is 12.5. The molecule has 2 heterocycles. The number of ether oxygens (including phenoxy) is 2. The van der Waals surface area contributed by atoms with Crippen molar-refractivity contribution in [3.63, 3.8) is 0 Å². The van der Waals surface area contributed by atoms with Crippen molar-refractivity contribution >= 4 is 5.97 Å². The van der Waals surface area contributed by atoms with Gasteiger partial charge in [-0.25, -0.2) is 4.79 Å². The number of rotatable bonds is 4. The number of esters is 1. The van der Waals surface area contributed by atoms with Crippen LogP contribution in [0.1, 0.15) is 58.8 Å². The third-order valence-electron chi connectivity index (χ3n) is 9.72. The maximum absolute atomic E-state index is 12.5. The van der Waals surface area contributed by atoms with Crippen LogP contribution < -0.4 is 0 Å². The van der Waals surface area contributed by atoms with E-state index in [0.29, 0.717) is 29.9 Å². The molecule has 174 valence electrons. The van der Waals surface area contributed by atoms with Crippen LogP contribution in [0.4, 0.5) is 0 Å². The third kappa shape index (κ3) is 2.60. The summed E-state index contributed by atoms with van der Waals surface area (Å²) in [5.41, 5.74) is -0.866. The van der Waals surface area contributed by atoms with Gasteiger partial charge in [-0.2, -0.15) is 0 Å². The van der Waals surface area contributed by atoms with Gasteiger partial charge in [0.25, 0.3) is 0 Å². The van der Waals surface area contributed by atoms with E-state index in [-0.39, 0.29) is 23.8 Å². The zero-order valence-electron chi connectivity index (χ0n) is 19.1. The van der Waals surface area contributed by atoms with Crippen LogP contribution in [0.15, 0.2) is 35.3 Å². The Hall–Kier alpha value is -1.63. The topological polar surface area (TPSA) is 79.2 Å². The Balaban J connectivity index is 1.40. The molecule has 6 nitrogen and oxygen atoms in total. The largest absolute Gasteiger partial charge is 0.487 e. The summed E-state index contributed by atoms with van der Waals surface area (Å²) in [5, 5.41) is 23.4. The quantitative estimate of drug-likeness (QED) is 0.516. The molecule has 7 atom stereocenters. The number of carbonyl (C=O) groups is 1. The van der Waals surface area contributed by atoms with E-state index in [1.165, 1.54) is 19.3 Å². The Morgan fingerprint density at radius 2 is 2.16 bits per heavy atom. The molecule has 4 aliphatic carbocycles. The summed E-state index contributed by atoms with van der Waals surface area (Å²) in [5.74, 6) is 1.67. The minimum absolute atomic E-state index is 0.0479. The monoisotopic (exact) mass is 441 g/mol. The number of allylic oxidation sites excluding steroid dienone is 4. The summed E-state index contributed by atoms with van der Waals surface area (Å²) in [6.45, 7) is 5.56. The fraction of sp³-hybridized carbons (Fsp3) is 0.731. The minimum Gasteiger partial charge on any atom is -0.487 e. The number of aliphatic hydroxyl groups is 2. The van der Waals surface area contributed by atoms with E-state index in [4.69, 9.17) is 9.47 Å². The highest BCUT2D eigenvalue weighted by Gasteiger charge is 2.76. The van der Waals surface area contributed by atoms with Crippen molar-refractivity contribution in [3.8, 4) is 0 Å². The first kappa shape index (κ1) is 20.9. The molecule has 2 bridgehead atoms. The molecule has 0 amide bonds. The second-order valence-corrected chi connectivity index (χ2v) is 11.0. The van der Waals surface area contributed by atoms with Gasteiger partial charge in [0, 0.05) is 24.1 Å². The van der Waals surface area contributed by atoms with Gasteiger partial charge < -0.3 is 19.7 Å². The number of likely N-dealkylation sites (tertiary alicyclic amines) is 1. The highest BCUT2D eigenvalue weighted by Crippen LogP contribution is 2.70. The number of carbonyl (C=O) groups excluding carboxylic acids is 1. The first-order valence-electron chi connectivity index (χ1n) is 12.5. The molecular formula is C26H35NO5. The highest BCUT2D eigenvalue weighted by atomic mass is 16.6. The Morgan fingerprint density at radius 1 is 1.34 bits per heavy atom. The maximum Gasteiger partial charge on any atom is 0.338 e. The second-order valence-electron chi connectivity index (χ2n) is 11.0. The lowest BCUT2D eigenvalue weighted by molar-refractivity contribution is -0.268. The standard InChI is InChI=1S/C26H35NO5/c1-3-15(2)24(29)31-19-8-7-17-13-20-26(30)10-9-18(28)23-25(26,21(17)22(19)32-23)11-12-27(20)14-16-5-4-6-16/h3,7-8,16-18,20-21,23,28,30H,4-6,9-14H2,1-2H3/b15-3+. The fourth-order valence-corrected chi connectivity index (χ4v) is 7.81. The van der Waals surface area contributed by atoms with Gasteiger partial charge in [-0.15, -0.1) is 0 Å². The molecule has 3 saturated carbocycles. The van der Waals surface area contributed by atoms with Gasteiger partial charge in [-0.3, -0.25) is 4.90 Å². The van der Waals surface area contributed by atoms with Crippen LogP contribution in [0.2, 0.25) is 0 Å². The van der Waals surface area contributed by atoms with Crippen molar-refractivity contribution in [2.45, 2.75) is 82.6 Å². The van der Waals surface area contributed by atoms with Crippen LogP contribution in [-0.2, 0) is 14.3 Å². The molecule has 6 rings (SSSR count). The van der Waals surface area contributed by atoms with E-state index in [2.05, 4.69) is 11.0 Å². The molecule has 32 heavy (non-hydrogen) atoms. The maximum atomic E-state index is 12.5. The Kier molecular flexibility index (Phi) is 4.70. The van der Waals surface area contributed by atoms with E-state index < -0.39 is 23.2 Å². The molecule has 2 saturated heterocycles. The molecular weight excluding hydrogens is 406 g/mol. The average Bonchev–Trinajstić information content (AvgIpc) is 3.11. The molecule has 5 fully saturated rings. The van der Waals surface area contributed by atoms with E-state index in [1.54, 1.807) is 13.0 Å². The van der Waals surface area contributed by atoms with Crippen LogP contribution in [0.5, 0.6) is 0 Å². The first-order chi connectivity index (χ1) is 15.4. The van der Waals surface area contributed by atoms with Crippen LogP contribution >= 0.6 is 0 Å². The molecule has 1 spiro atoms. The zero-order chi connectivity index (χ0) is 22.3. The van der Waals surface area contributed by atoms with E-state index in [1.807, 2.05) is 13.0 Å². The SMILES string of the molecule is C/C=C(\C)C(=O)OC1=C2OC3C(O)CCC4(O)C5CC(C=C1)C2C34CCN5CC1CCC1. The van der Waals surface area contributed by atoms with Crippen molar-refractivity contribution in [1.82, 2.24) is 4.90 Å². The summed E-state index contributed by atoms with van der Waals surface area (Å²) in [6.07, 6.45) is 11.5. The molecule has 0 aromatic rings. The number of hydrogen-bond donors (Lipinski definition) is 2. The van der Waals surface area contributed by atoms with Gasteiger partial charge in [0.1, 0.15) is 11.9 Å². The predicted molar refractivity (Wildman–Crippen MR) is 118 cm³/mol. The normalized spacial score (nSPS) is 45.2. The predicted octanol–water partition coefficient (Wildman–Crippen LogP) is 3.06. The Morgan fingerprint density at radius 3 is 2.88 bits per heavy atom. The summed E-state index contributed by atoms with van der Waals surface area (Å²) < 4.78 is 12.2. The molecule has 2 aliphatic heterocycles. The Bertz CT molecular complexity index is 919. The third-order valence-corrected chi connectivity index (χ3v) is 9.72. The van der Waals surface area contributed by atoms with Crippen molar-refractivity contribution in [1.29, 1.82) is 0 Å². The molecule has 0 aromatic carbocycles.